The van der Waals surface area contributed by atoms with Gasteiger partial charge in [-0.2, -0.15) is 0 Å². The molecule has 0 N–H and O–H groups in total. The first-order chi connectivity index (χ1) is 11.6. The van der Waals surface area contributed by atoms with E-state index in [0.29, 0.717) is 37.5 Å². The van der Waals surface area contributed by atoms with E-state index in [2.05, 4.69) is 9.97 Å². The Hall–Kier alpha value is -2.70. The standard InChI is InChI=1S/C17H19FN4O2/c1-12(23)21-7-9-22(10-8-21)17-15(18)16(19-11-20-17)13-3-5-14(24-2)6-4-13/h3-6,11H,7-10H2,1-2H3. The first-order valence-electron chi connectivity index (χ1n) is 7.75. The minimum Gasteiger partial charge on any atom is -0.497 e. The minimum absolute atomic E-state index is 0.0386. The lowest BCUT2D eigenvalue weighted by molar-refractivity contribution is -0.129. The molecule has 1 amide bonds. The fourth-order valence-electron chi connectivity index (χ4n) is 2.76. The molecule has 1 aliphatic rings. The summed E-state index contributed by atoms with van der Waals surface area (Å²) in [5.41, 5.74) is 0.927. The van der Waals surface area contributed by atoms with Gasteiger partial charge in [0.25, 0.3) is 0 Å². The van der Waals surface area contributed by atoms with Crippen molar-refractivity contribution < 1.29 is 13.9 Å². The monoisotopic (exact) mass is 330 g/mol. The summed E-state index contributed by atoms with van der Waals surface area (Å²) in [4.78, 5) is 23.2. The minimum atomic E-state index is -0.445. The Labute approximate surface area is 139 Å². The molecule has 1 saturated heterocycles. The molecule has 2 aromatic rings. The first kappa shape index (κ1) is 16.2. The number of rotatable bonds is 3. The van der Waals surface area contributed by atoms with Crippen molar-refractivity contribution in [2.24, 2.45) is 0 Å². The topological polar surface area (TPSA) is 58.6 Å². The molecule has 0 radical (unpaired) electrons. The second kappa shape index (κ2) is 6.82. The number of ether oxygens (including phenoxy) is 1. The van der Waals surface area contributed by atoms with Crippen LogP contribution in [-0.2, 0) is 4.79 Å². The molecule has 6 nitrogen and oxygen atoms in total. The zero-order valence-corrected chi connectivity index (χ0v) is 13.7. The lowest BCUT2D eigenvalue weighted by Gasteiger charge is -2.35. The number of carbonyl (C=O) groups is 1. The van der Waals surface area contributed by atoms with Gasteiger partial charge in [0, 0.05) is 38.7 Å². The van der Waals surface area contributed by atoms with Crippen LogP contribution in [0, 0.1) is 5.82 Å². The number of methoxy groups -OCH3 is 1. The molecule has 0 bridgehead atoms. The average Bonchev–Trinajstić information content (AvgIpc) is 2.62. The average molecular weight is 330 g/mol. The summed E-state index contributed by atoms with van der Waals surface area (Å²) < 4.78 is 20.0. The zero-order chi connectivity index (χ0) is 17.1. The smallest absolute Gasteiger partial charge is 0.219 e. The molecule has 0 saturated carbocycles. The Bertz CT molecular complexity index is 728. The molecule has 3 rings (SSSR count). The Morgan fingerprint density at radius 2 is 1.79 bits per heavy atom. The summed E-state index contributed by atoms with van der Waals surface area (Å²) in [6.45, 7) is 3.78. The number of piperazine rings is 1. The summed E-state index contributed by atoms with van der Waals surface area (Å²) in [5, 5.41) is 0. The molecule has 24 heavy (non-hydrogen) atoms. The van der Waals surface area contributed by atoms with Crippen LogP contribution in [0.15, 0.2) is 30.6 Å². The molecule has 1 aromatic heterocycles. The normalized spacial score (nSPS) is 14.6. The molecule has 126 valence electrons. The van der Waals surface area contributed by atoms with Crippen molar-refractivity contribution in [1.29, 1.82) is 0 Å². The molecule has 0 unspecified atom stereocenters. The number of benzene rings is 1. The van der Waals surface area contributed by atoms with Gasteiger partial charge in [0.2, 0.25) is 5.91 Å². The summed E-state index contributed by atoms with van der Waals surface area (Å²) in [5.74, 6) is 0.573. The van der Waals surface area contributed by atoms with E-state index in [4.69, 9.17) is 4.74 Å². The van der Waals surface area contributed by atoms with E-state index < -0.39 is 5.82 Å². The molecule has 0 atom stereocenters. The summed E-state index contributed by atoms with van der Waals surface area (Å²) in [6.07, 6.45) is 1.37. The van der Waals surface area contributed by atoms with Crippen molar-refractivity contribution in [3.8, 4) is 17.0 Å². The molecule has 1 fully saturated rings. The van der Waals surface area contributed by atoms with Gasteiger partial charge in [0.05, 0.1) is 7.11 Å². The predicted octanol–water partition coefficient (Wildman–Crippen LogP) is 1.96. The number of halogens is 1. The van der Waals surface area contributed by atoms with E-state index in [-0.39, 0.29) is 17.4 Å². The molecule has 1 aromatic carbocycles. The Morgan fingerprint density at radius 3 is 2.38 bits per heavy atom. The van der Waals surface area contributed by atoms with Gasteiger partial charge in [0.1, 0.15) is 17.8 Å². The Morgan fingerprint density at radius 1 is 1.12 bits per heavy atom. The second-order valence-corrected chi connectivity index (χ2v) is 5.58. The number of hydrogen-bond acceptors (Lipinski definition) is 5. The van der Waals surface area contributed by atoms with Crippen LogP contribution < -0.4 is 9.64 Å². The lowest BCUT2D eigenvalue weighted by atomic mass is 10.1. The third-order valence-electron chi connectivity index (χ3n) is 4.16. The number of nitrogens with zero attached hydrogens (tertiary/aromatic N) is 4. The van der Waals surface area contributed by atoms with E-state index in [1.807, 2.05) is 4.90 Å². The number of carbonyl (C=O) groups excluding carboxylic acids is 1. The van der Waals surface area contributed by atoms with Gasteiger partial charge < -0.3 is 14.5 Å². The maximum atomic E-state index is 14.9. The Kier molecular flexibility index (Phi) is 4.59. The van der Waals surface area contributed by atoms with Crippen molar-refractivity contribution in [2.45, 2.75) is 6.92 Å². The van der Waals surface area contributed by atoms with Crippen molar-refractivity contribution in [3.05, 3.63) is 36.4 Å². The fourth-order valence-corrected chi connectivity index (χ4v) is 2.76. The van der Waals surface area contributed by atoms with Gasteiger partial charge in [-0.3, -0.25) is 4.79 Å². The highest BCUT2D eigenvalue weighted by atomic mass is 19.1. The van der Waals surface area contributed by atoms with Crippen LogP contribution in [0.25, 0.3) is 11.3 Å². The quantitative estimate of drug-likeness (QED) is 0.861. The highest BCUT2D eigenvalue weighted by Gasteiger charge is 2.23. The van der Waals surface area contributed by atoms with Crippen LogP contribution in [0.1, 0.15) is 6.92 Å². The van der Waals surface area contributed by atoms with E-state index in [0.717, 1.165) is 0 Å². The predicted molar refractivity (Wildman–Crippen MR) is 88.4 cm³/mol. The van der Waals surface area contributed by atoms with Crippen LogP contribution >= 0.6 is 0 Å². The molecule has 1 aliphatic heterocycles. The van der Waals surface area contributed by atoms with Crippen LogP contribution in [0.3, 0.4) is 0 Å². The first-order valence-corrected chi connectivity index (χ1v) is 7.75. The second-order valence-electron chi connectivity index (χ2n) is 5.58. The number of anilines is 1. The van der Waals surface area contributed by atoms with Crippen LogP contribution in [0.5, 0.6) is 5.75 Å². The summed E-state index contributed by atoms with van der Waals surface area (Å²) >= 11 is 0. The van der Waals surface area contributed by atoms with Gasteiger partial charge in [-0.1, -0.05) is 0 Å². The molecule has 0 aliphatic carbocycles. The van der Waals surface area contributed by atoms with Gasteiger partial charge in [-0.05, 0) is 24.3 Å². The van der Waals surface area contributed by atoms with Crippen LogP contribution in [0.4, 0.5) is 10.2 Å². The molecule has 7 heteroatoms. The van der Waals surface area contributed by atoms with Crippen molar-refractivity contribution in [1.82, 2.24) is 14.9 Å². The van der Waals surface area contributed by atoms with Crippen molar-refractivity contribution >= 4 is 11.7 Å². The van der Waals surface area contributed by atoms with Crippen LogP contribution in [-0.4, -0.2) is 54.1 Å². The maximum absolute atomic E-state index is 14.9. The van der Waals surface area contributed by atoms with Crippen molar-refractivity contribution in [2.75, 3.05) is 38.2 Å². The van der Waals surface area contributed by atoms with Crippen molar-refractivity contribution in [3.63, 3.8) is 0 Å². The highest BCUT2D eigenvalue weighted by Crippen LogP contribution is 2.28. The largest absolute Gasteiger partial charge is 0.497 e. The zero-order valence-electron chi connectivity index (χ0n) is 13.7. The SMILES string of the molecule is COc1ccc(-c2ncnc(N3CCN(C(C)=O)CC3)c2F)cc1. The molecular weight excluding hydrogens is 311 g/mol. The molecular formula is C17H19FN4O2. The highest BCUT2D eigenvalue weighted by molar-refractivity contribution is 5.73. The third kappa shape index (κ3) is 3.15. The van der Waals surface area contributed by atoms with E-state index in [9.17, 15) is 9.18 Å². The van der Waals surface area contributed by atoms with Gasteiger partial charge in [0.15, 0.2) is 11.6 Å². The summed E-state index contributed by atoms with van der Waals surface area (Å²) in [7, 11) is 1.58. The van der Waals surface area contributed by atoms with Crippen LogP contribution in [0.2, 0.25) is 0 Å². The number of hydrogen-bond donors (Lipinski definition) is 0. The Balaban J connectivity index is 1.84. The van der Waals surface area contributed by atoms with Gasteiger partial charge in [-0.25, -0.2) is 14.4 Å². The van der Waals surface area contributed by atoms with E-state index in [1.165, 1.54) is 6.33 Å². The van der Waals surface area contributed by atoms with E-state index in [1.54, 1.807) is 43.2 Å². The molecule has 2 heterocycles. The van der Waals surface area contributed by atoms with E-state index >= 15 is 0 Å². The third-order valence-corrected chi connectivity index (χ3v) is 4.16. The number of amides is 1. The maximum Gasteiger partial charge on any atom is 0.219 e. The lowest BCUT2D eigenvalue weighted by Crippen LogP contribution is -2.48. The molecule has 0 spiro atoms. The summed E-state index contributed by atoms with van der Waals surface area (Å²) in [6, 6.07) is 7.06. The van der Waals surface area contributed by atoms with Gasteiger partial charge >= 0.3 is 0 Å². The number of aromatic nitrogens is 2. The van der Waals surface area contributed by atoms with Gasteiger partial charge in [-0.15, -0.1) is 0 Å². The fraction of sp³-hybridized carbons (Fsp3) is 0.353.